The fourth-order valence-electron chi connectivity index (χ4n) is 4.59. The van der Waals surface area contributed by atoms with Gasteiger partial charge in [-0.05, 0) is 39.3 Å². The fourth-order valence-corrected chi connectivity index (χ4v) is 6.42. The van der Waals surface area contributed by atoms with Crippen LogP contribution in [-0.4, -0.2) is 54.4 Å². The number of ether oxygens (including phenoxy) is 1. The number of aryl methyl sites for hydroxylation is 1. The number of nitrogens with one attached hydrogen (secondary N) is 3. The van der Waals surface area contributed by atoms with Gasteiger partial charge in [0, 0.05) is 35.1 Å². The Morgan fingerprint density at radius 3 is 2.61 bits per heavy atom. The summed E-state index contributed by atoms with van der Waals surface area (Å²) in [6.45, 7) is 4.89. The number of aromatic nitrogens is 3. The van der Waals surface area contributed by atoms with Crippen molar-refractivity contribution in [1.82, 2.24) is 20.3 Å². The Morgan fingerprint density at radius 1 is 1.15 bits per heavy atom. The lowest BCUT2D eigenvalue weighted by Crippen LogP contribution is -2.38. The van der Waals surface area contributed by atoms with Gasteiger partial charge in [-0.15, -0.1) is 11.3 Å². The van der Waals surface area contributed by atoms with E-state index in [0.717, 1.165) is 25.9 Å². The molecule has 0 unspecified atom stereocenters. The average molecular weight is 611 g/mol. The molecule has 1 fully saturated rings. The van der Waals surface area contributed by atoms with Gasteiger partial charge in [0.1, 0.15) is 10.6 Å². The number of alkyl halides is 3. The van der Waals surface area contributed by atoms with Crippen molar-refractivity contribution in [2.24, 2.45) is 0 Å². The summed E-state index contributed by atoms with van der Waals surface area (Å²) in [6.07, 6.45) is -1.37. The molecule has 0 radical (unpaired) electrons. The molecule has 9 nitrogen and oxygen atoms in total. The van der Waals surface area contributed by atoms with Crippen LogP contribution in [0.5, 0.6) is 11.6 Å². The molecule has 1 aliphatic rings. The van der Waals surface area contributed by atoms with Crippen LogP contribution in [-0.2, 0) is 10.0 Å². The Bertz CT molecular complexity index is 1690. The number of piperidine rings is 1. The Hall–Kier alpha value is -3.56. The van der Waals surface area contributed by atoms with Crippen molar-refractivity contribution in [2.75, 3.05) is 28.9 Å². The third-order valence-corrected chi connectivity index (χ3v) is 8.56. The summed E-state index contributed by atoms with van der Waals surface area (Å²) in [5, 5.41) is 7.62. The Labute approximate surface area is 237 Å². The van der Waals surface area contributed by atoms with Crippen LogP contribution >= 0.6 is 11.3 Å². The van der Waals surface area contributed by atoms with E-state index in [0.29, 0.717) is 21.5 Å². The molecule has 0 aliphatic carbocycles. The molecule has 5 rings (SSSR count). The molecular formula is C26H26F4N6O3S2. The van der Waals surface area contributed by atoms with E-state index in [1.54, 1.807) is 36.0 Å². The summed E-state index contributed by atoms with van der Waals surface area (Å²) in [5.41, 5.74) is -0.168. The molecule has 0 amide bonds. The van der Waals surface area contributed by atoms with Gasteiger partial charge in [-0.3, -0.25) is 4.72 Å². The van der Waals surface area contributed by atoms with Crippen LogP contribution in [0.15, 0.2) is 36.5 Å². The Balaban J connectivity index is 1.52. The van der Waals surface area contributed by atoms with Gasteiger partial charge >= 0.3 is 6.18 Å². The molecule has 1 saturated heterocycles. The predicted molar refractivity (Wildman–Crippen MR) is 150 cm³/mol. The number of sulfonamides is 1. The lowest BCUT2D eigenvalue weighted by atomic mass is 10.0. The number of hydrogen-bond acceptors (Lipinski definition) is 9. The van der Waals surface area contributed by atoms with Crippen LogP contribution in [0.4, 0.5) is 29.2 Å². The zero-order chi connectivity index (χ0) is 29.4. The Morgan fingerprint density at radius 2 is 1.90 bits per heavy atom. The van der Waals surface area contributed by atoms with Gasteiger partial charge < -0.3 is 15.4 Å². The van der Waals surface area contributed by atoms with Crippen LogP contribution in [0, 0.1) is 19.7 Å². The number of halogens is 4. The molecular weight excluding hydrogens is 584 g/mol. The van der Waals surface area contributed by atoms with E-state index in [9.17, 15) is 21.6 Å². The molecule has 2 aromatic heterocycles. The second kappa shape index (κ2) is 11.4. The second-order valence-corrected chi connectivity index (χ2v) is 12.5. The third kappa shape index (κ3) is 6.68. The maximum Gasteiger partial charge on any atom is 0.404 e. The van der Waals surface area contributed by atoms with Crippen LogP contribution in [0.3, 0.4) is 0 Å². The monoisotopic (exact) mass is 610 g/mol. The van der Waals surface area contributed by atoms with E-state index in [1.165, 1.54) is 30.4 Å². The van der Waals surface area contributed by atoms with Gasteiger partial charge in [0.05, 0.1) is 16.4 Å². The quantitative estimate of drug-likeness (QED) is 0.215. The van der Waals surface area contributed by atoms with Crippen molar-refractivity contribution in [3.05, 3.63) is 52.9 Å². The van der Waals surface area contributed by atoms with Gasteiger partial charge in [0.25, 0.3) is 0 Å². The largest absolute Gasteiger partial charge is 0.436 e. The maximum absolute atomic E-state index is 15.6. The molecule has 218 valence electrons. The second-order valence-electron chi connectivity index (χ2n) is 9.59. The molecule has 3 N–H and O–H groups in total. The summed E-state index contributed by atoms with van der Waals surface area (Å²) in [6, 6.07) is 7.97. The number of hydrogen-bond donors (Lipinski definition) is 3. The van der Waals surface area contributed by atoms with Crippen molar-refractivity contribution >= 4 is 43.8 Å². The Kier molecular flexibility index (Phi) is 8.03. The highest BCUT2D eigenvalue weighted by Crippen LogP contribution is 2.44. The fraction of sp³-hybridized carbons (Fsp3) is 0.346. The molecule has 15 heteroatoms. The van der Waals surface area contributed by atoms with E-state index in [-0.39, 0.29) is 34.0 Å². The maximum atomic E-state index is 15.6. The zero-order valence-electron chi connectivity index (χ0n) is 22.0. The minimum atomic E-state index is -5.00. The molecule has 2 aromatic carbocycles. The van der Waals surface area contributed by atoms with Crippen molar-refractivity contribution in [3.63, 3.8) is 0 Å². The SMILES string of the molecule is Cc1nc(Oc2c(C)c(F)c(NS(=O)(=O)CC(F)(F)F)c3ccccc23)c(-c2ccnc(N[C@H]3CCCNC3)n2)s1. The van der Waals surface area contributed by atoms with Crippen LogP contribution in [0.1, 0.15) is 23.4 Å². The van der Waals surface area contributed by atoms with Gasteiger partial charge in [0.15, 0.2) is 11.6 Å². The first-order valence-corrected chi connectivity index (χ1v) is 15.1. The standard InChI is InChI=1S/C26H26F4N6O3S2/c1-14-20(27)21(36-41(37,38)13-26(28,29)30)17-7-3-4-8-18(17)22(14)39-24-23(40-15(2)33-24)19-9-11-32-25(35-19)34-16-6-5-10-31-12-16/h3-4,7-9,11,16,31,36H,5-6,10,12-13H2,1-2H3,(H,32,34,35)/t16-/m0/s1. The normalized spacial score (nSPS) is 16.1. The summed E-state index contributed by atoms with van der Waals surface area (Å²) in [4.78, 5) is 14.0. The first-order valence-electron chi connectivity index (χ1n) is 12.6. The third-order valence-electron chi connectivity index (χ3n) is 6.36. The van der Waals surface area contributed by atoms with Crippen molar-refractivity contribution in [1.29, 1.82) is 0 Å². The van der Waals surface area contributed by atoms with Crippen molar-refractivity contribution < 1.29 is 30.7 Å². The van der Waals surface area contributed by atoms with E-state index >= 15 is 4.39 Å². The number of anilines is 2. The van der Waals surface area contributed by atoms with E-state index in [4.69, 9.17) is 4.74 Å². The molecule has 41 heavy (non-hydrogen) atoms. The van der Waals surface area contributed by atoms with Crippen LogP contribution in [0.2, 0.25) is 0 Å². The molecule has 0 saturated carbocycles. The minimum Gasteiger partial charge on any atom is -0.436 e. The summed E-state index contributed by atoms with van der Waals surface area (Å²) >= 11 is 1.31. The number of nitrogens with zero attached hydrogens (tertiary/aromatic N) is 3. The molecule has 3 heterocycles. The van der Waals surface area contributed by atoms with Crippen LogP contribution in [0.25, 0.3) is 21.3 Å². The molecule has 4 aromatic rings. The summed E-state index contributed by atoms with van der Waals surface area (Å²) in [7, 11) is -4.94. The molecule has 1 aliphatic heterocycles. The summed E-state index contributed by atoms with van der Waals surface area (Å²) in [5.74, 6) is -2.58. The number of thiazole rings is 1. The van der Waals surface area contributed by atoms with Gasteiger partial charge in [-0.2, -0.15) is 13.2 Å². The first-order chi connectivity index (χ1) is 19.4. The molecule has 0 spiro atoms. The van der Waals surface area contributed by atoms with E-state index in [1.807, 2.05) is 0 Å². The zero-order valence-corrected chi connectivity index (χ0v) is 23.6. The number of benzene rings is 2. The summed E-state index contributed by atoms with van der Waals surface area (Å²) < 4.78 is 86.4. The van der Waals surface area contributed by atoms with Gasteiger partial charge in [0.2, 0.25) is 21.9 Å². The van der Waals surface area contributed by atoms with Gasteiger partial charge in [-0.1, -0.05) is 24.3 Å². The molecule has 0 bridgehead atoms. The van der Waals surface area contributed by atoms with Crippen molar-refractivity contribution in [2.45, 2.75) is 38.9 Å². The highest BCUT2D eigenvalue weighted by atomic mass is 32.2. The average Bonchev–Trinajstić information content (AvgIpc) is 3.28. The highest BCUT2D eigenvalue weighted by Gasteiger charge is 2.36. The van der Waals surface area contributed by atoms with E-state index < -0.39 is 33.5 Å². The van der Waals surface area contributed by atoms with Gasteiger partial charge in [-0.25, -0.2) is 27.8 Å². The van der Waals surface area contributed by atoms with Crippen molar-refractivity contribution in [3.8, 4) is 22.2 Å². The lowest BCUT2D eigenvalue weighted by molar-refractivity contribution is -0.106. The topological polar surface area (TPSA) is 118 Å². The highest BCUT2D eigenvalue weighted by molar-refractivity contribution is 7.92. The lowest BCUT2D eigenvalue weighted by Gasteiger charge is -2.23. The smallest absolute Gasteiger partial charge is 0.404 e. The van der Waals surface area contributed by atoms with E-state index in [2.05, 4.69) is 25.6 Å². The predicted octanol–water partition coefficient (Wildman–Crippen LogP) is 5.77. The molecule has 1 atom stereocenters. The minimum absolute atomic E-state index is 0.0273. The number of fused-ring (bicyclic) bond motifs is 1. The number of rotatable bonds is 8. The first kappa shape index (κ1) is 29.0. The van der Waals surface area contributed by atoms with Crippen LogP contribution < -0.4 is 20.1 Å².